The van der Waals surface area contributed by atoms with Gasteiger partial charge in [0, 0.05) is 23.6 Å². The van der Waals surface area contributed by atoms with E-state index in [1.165, 1.54) is 0 Å². The molecule has 7 heteroatoms. The summed E-state index contributed by atoms with van der Waals surface area (Å²) in [6, 6.07) is 21.0. The van der Waals surface area contributed by atoms with Gasteiger partial charge >= 0.3 is 35.5 Å². The van der Waals surface area contributed by atoms with Crippen LogP contribution in [0.25, 0.3) is 33.3 Å². The molecule has 34 heavy (non-hydrogen) atoms. The van der Waals surface area contributed by atoms with Crippen molar-refractivity contribution in [2.45, 2.75) is 32.7 Å². The summed E-state index contributed by atoms with van der Waals surface area (Å²) < 4.78 is 2.21. The van der Waals surface area contributed by atoms with Crippen molar-refractivity contribution in [3.05, 3.63) is 89.9 Å². The molecule has 0 amide bonds. The molecular weight excluding hydrogens is 435 g/mol. The maximum atomic E-state index is 11.6. The third-order valence-electron chi connectivity index (χ3n) is 5.86. The van der Waals surface area contributed by atoms with Crippen molar-refractivity contribution in [2.75, 3.05) is 0 Å². The van der Waals surface area contributed by atoms with E-state index in [0.717, 1.165) is 52.7 Å². The molecule has 0 aliphatic rings. The molecule has 0 aliphatic carbocycles. The van der Waals surface area contributed by atoms with Crippen molar-refractivity contribution >= 4 is 57.6 Å². The summed E-state index contributed by atoms with van der Waals surface area (Å²) in [5, 5.41) is 10.5. The predicted molar refractivity (Wildman–Crippen MR) is 137 cm³/mol. The fourth-order valence-corrected chi connectivity index (χ4v) is 4.20. The third kappa shape index (κ3) is 4.75. The number of carboxylic acids is 1. The van der Waals surface area contributed by atoms with Crippen molar-refractivity contribution in [1.82, 2.24) is 19.5 Å². The first kappa shape index (κ1) is 24.1. The van der Waals surface area contributed by atoms with E-state index in [4.69, 9.17) is 9.97 Å². The van der Waals surface area contributed by atoms with Crippen LogP contribution in [-0.4, -0.2) is 60.2 Å². The molecule has 1 N–H and O–H groups in total. The van der Waals surface area contributed by atoms with Gasteiger partial charge in [-0.1, -0.05) is 43.7 Å². The van der Waals surface area contributed by atoms with E-state index in [-0.39, 0.29) is 35.1 Å². The number of fused-ring (bicyclic) bond motifs is 2. The van der Waals surface area contributed by atoms with Crippen LogP contribution in [0.15, 0.2) is 72.9 Å². The van der Waals surface area contributed by atoms with Crippen LogP contribution in [0.2, 0.25) is 0 Å². The van der Waals surface area contributed by atoms with Gasteiger partial charge in [-0.2, -0.15) is 0 Å². The molecule has 0 fully saturated rings. The second-order valence-corrected chi connectivity index (χ2v) is 8.14. The summed E-state index contributed by atoms with van der Waals surface area (Å²) >= 11 is 0. The summed E-state index contributed by atoms with van der Waals surface area (Å²) in [6.07, 6.45) is 4.94. The number of carbonyl (C=O) groups is 1. The van der Waals surface area contributed by atoms with Gasteiger partial charge in [0.05, 0.1) is 23.3 Å². The van der Waals surface area contributed by atoms with Crippen molar-refractivity contribution < 1.29 is 9.90 Å². The van der Waals surface area contributed by atoms with E-state index in [9.17, 15) is 9.90 Å². The summed E-state index contributed by atoms with van der Waals surface area (Å²) in [5.41, 5.74) is 5.32. The summed E-state index contributed by atoms with van der Waals surface area (Å²) in [7, 11) is 0. The number of aromatic carboxylic acids is 1. The summed E-state index contributed by atoms with van der Waals surface area (Å²) in [6.45, 7) is 2.87. The first-order chi connectivity index (χ1) is 16.1. The monoisotopic (exact) mass is 460 g/mol. The Hall–Kier alpha value is -3.06. The van der Waals surface area contributed by atoms with Gasteiger partial charge < -0.3 is 9.67 Å². The maximum absolute atomic E-state index is 11.6. The number of carboxylic acid groups (broad SMARTS) is 1. The molecule has 6 nitrogen and oxygen atoms in total. The molecule has 0 bridgehead atoms. The van der Waals surface area contributed by atoms with E-state index in [2.05, 4.69) is 28.6 Å². The van der Waals surface area contributed by atoms with E-state index >= 15 is 0 Å². The Balaban J connectivity index is 0.00000274. The minimum atomic E-state index is -0.956. The summed E-state index contributed by atoms with van der Waals surface area (Å²) in [4.78, 5) is 25.7. The molecule has 5 aromatic rings. The SMILES string of the molecule is CCCCc1nc2cccnc2n1Cc1ccc2nc(-c3ccccc3C(=O)O)ccc2c1.[NaH]. The zero-order valence-corrected chi connectivity index (χ0v) is 18.4. The fourth-order valence-electron chi connectivity index (χ4n) is 4.20. The number of unbranched alkanes of at least 4 members (excludes halogenated alkanes) is 1. The average molecular weight is 461 g/mol. The Morgan fingerprint density at radius 1 is 0.971 bits per heavy atom. The van der Waals surface area contributed by atoms with Crippen LogP contribution in [0.5, 0.6) is 0 Å². The molecule has 3 aromatic heterocycles. The van der Waals surface area contributed by atoms with Gasteiger partial charge in [-0.3, -0.25) is 0 Å². The van der Waals surface area contributed by atoms with Gasteiger partial charge in [-0.25, -0.2) is 19.7 Å². The molecule has 0 atom stereocenters. The van der Waals surface area contributed by atoms with Gasteiger partial charge in [-0.15, -0.1) is 0 Å². The molecule has 0 spiro atoms. The van der Waals surface area contributed by atoms with Crippen molar-refractivity contribution in [3.63, 3.8) is 0 Å². The van der Waals surface area contributed by atoms with E-state index < -0.39 is 5.97 Å². The van der Waals surface area contributed by atoms with Gasteiger partial charge in [0.25, 0.3) is 0 Å². The van der Waals surface area contributed by atoms with Gasteiger partial charge in [-0.05, 0) is 48.4 Å². The number of imidazole rings is 1. The van der Waals surface area contributed by atoms with Crippen LogP contribution in [0, 0.1) is 0 Å². The van der Waals surface area contributed by atoms with E-state index in [1.54, 1.807) is 18.2 Å². The molecule has 0 aliphatic heterocycles. The number of hydrogen-bond acceptors (Lipinski definition) is 4. The molecule has 0 radical (unpaired) electrons. The van der Waals surface area contributed by atoms with E-state index in [0.29, 0.717) is 17.8 Å². The van der Waals surface area contributed by atoms with Crippen molar-refractivity contribution in [2.24, 2.45) is 0 Å². The Morgan fingerprint density at radius 3 is 2.65 bits per heavy atom. The van der Waals surface area contributed by atoms with Crippen LogP contribution < -0.4 is 0 Å². The standard InChI is InChI=1S/C27H24N4O2.Na.H/c1-2-3-10-25-30-24-9-6-15-28-26(24)31(25)17-18-11-13-22-19(16-18)12-14-23(29-22)20-7-4-5-8-21(20)27(32)33;;/h4-9,11-16H,2-3,10,17H2,1H3,(H,32,33);;. The number of pyridine rings is 2. The molecule has 3 heterocycles. The minimum absolute atomic E-state index is 0. The normalized spacial score (nSPS) is 11.0. The first-order valence-corrected chi connectivity index (χ1v) is 11.2. The second kappa shape index (κ2) is 10.5. The zero-order valence-electron chi connectivity index (χ0n) is 18.4. The number of benzene rings is 2. The Kier molecular flexibility index (Phi) is 7.41. The first-order valence-electron chi connectivity index (χ1n) is 11.2. The number of aryl methyl sites for hydroxylation is 1. The average Bonchev–Trinajstić information content (AvgIpc) is 3.19. The van der Waals surface area contributed by atoms with Crippen molar-refractivity contribution in [1.29, 1.82) is 0 Å². The van der Waals surface area contributed by atoms with Gasteiger partial charge in [0.15, 0.2) is 5.65 Å². The quantitative estimate of drug-likeness (QED) is 0.342. The molecule has 0 saturated heterocycles. The molecule has 5 rings (SSSR count). The van der Waals surface area contributed by atoms with Crippen LogP contribution >= 0.6 is 0 Å². The molecule has 2 aromatic carbocycles. The van der Waals surface area contributed by atoms with Crippen LogP contribution in [0.3, 0.4) is 0 Å². The third-order valence-corrected chi connectivity index (χ3v) is 5.86. The van der Waals surface area contributed by atoms with Crippen LogP contribution in [-0.2, 0) is 13.0 Å². The molecular formula is C27H25N4NaO2. The Bertz CT molecular complexity index is 1480. The molecule has 0 saturated carbocycles. The zero-order chi connectivity index (χ0) is 22.8. The van der Waals surface area contributed by atoms with Crippen LogP contribution in [0.1, 0.15) is 41.5 Å². The topological polar surface area (TPSA) is 80.9 Å². The predicted octanol–water partition coefficient (Wildman–Crippen LogP) is 5.09. The Morgan fingerprint density at radius 2 is 1.82 bits per heavy atom. The number of nitrogens with zero attached hydrogens (tertiary/aromatic N) is 4. The van der Waals surface area contributed by atoms with Crippen LogP contribution in [0.4, 0.5) is 0 Å². The summed E-state index contributed by atoms with van der Waals surface area (Å²) in [5.74, 6) is 0.104. The van der Waals surface area contributed by atoms with Gasteiger partial charge in [0.1, 0.15) is 11.3 Å². The second-order valence-electron chi connectivity index (χ2n) is 8.14. The van der Waals surface area contributed by atoms with E-state index in [1.807, 2.05) is 42.6 Å². The molecule has 166 valence electrons. The van der Waals surface area contributed by atoms with Gasteiger partial charge in [0.2, 0.25) is 0 Å². The number of aromatic nitrogens is 4. The fraction of sp³-hybridized carbons (Fsp3) is 0.185. The number of rotatable bonds is 7. The number of hydrogen-bond donors (Lipinski definition) is 1. The Labute approximate surface area is 220 Å². The van der Waals surface area contributed by atoms with Crippen molar-refractivity contribution in [3.8, 4) is 11.3 Å². The molecule has 0 unspecified atom stereocenters.